The highest BCUT2D eigenvalue weighted by atomic mass is 19.1. The fraction of sp³-hybridized carbons (Fsp3) is 0.250. The molecule has 5 heteroatoms. The molecular weight excluding hydrogens is 273 g/mol. The molecule has 0 spiro atoms. The monoisotopic (exact) mass is 291 g/mol. The molecule has 0 fully saturated rings. The van der Waals surface area contributed by atoms with Gasteiger partial charge in [-0.15, -0.1) is 0 Å². The van der Waals surface area contributed by atoms with Crippen molar-refractivity contribution in [2.24, 2.45) is 5.73 Å². The van der Waals surface area contributed by atoms with Gasteiger partial charge in [0.15, 0.2) is 11.6 Å². The van der Waals surface area contributed by atoms with Crippen molar-refractivity contribution in [3.63, 3.8) is 0 Å². The van der Waals surface area contributed by atoms with Gasteiger partial charge in [-0.2, -0.15) is 0 Å². The van der Waals surface area contributed by atoms with E-state index in [0.29, 0.717) is 22.8 Å². The van der Waals surface area contributed by atoms with Crippen LogP contribution in [0.4, 0.5) is 4.39 Å². The lowest BCUT2D eigenvalue weighted by molar-refractivity contribution is 0.383. The number of hydrogen-bond donors (Lipinski definition) is 1. The Bertz CT molecular complexity index is 607. The molecule has 4 nitrogen and oxygen atoms in total. The number of benzene rings is 2. The van der Waals surface area contributed by atoms with Crippen LogP contribution in [0, 0.1) is 5.82 Å². The summed E-state index contributed by atoms with van der Waals surface area (Å²) >= 11 is 0. The van der Waals surface area contributed by atoms with Crippen LogP contribution in [0.3, 0.4) is 0 Å². The van der Waals surface area contributed by atoms with E-state index in [9.17, 15) is 4.39 Å². The van der Waals surface area contributed by atoms with E-state index in [0.717, 1.165) is 0 Å². The van der Waals surface area contributed by atoms with E-state index in [-0.39, 0.29) is 11.8 Å². The van der Waals surface area contributed by atoms with Crippen molar-refractivity contribution in [1.82, 2.24) is 0 Å². The molecule has 2 aromatic rings. The van der Waals surface area contributed by atoms with Crippen molar-refractivity contribution in [3.05, 3.63) is 47.8 Å². The number of halogens is 1. The van der Waals surface area contributed by atoms with Crippen LogP contribution in [0.5, 0.6) is 23.0 Å². The lowest BCUT2D eigenvalue weighted by Crippen LogP contribution is -2.05. The highest BCUT2D eigenvalue weighted by Crippen LogP contribution is 2.32. The van der Waals surface area contributed by atoms with Gasteiger partial charge in [0.05, 0.1) is 14.2 Å². The van der Waals surface area contributed by atoms with E-state index < -0.39 is 5.82 Å². The Morgan fingerprint density at radius 1 is 0.952 bits per heavy atom. The third-order valence-electron chi connectivity index (χ3n) is 3.03. The average molecular weight is 291 g/mol. The lowest BCUT2D eigenvalue weighted by atomic mass is 10.1. The number of nitrogens with two attached hydrogens (primary N) is 1. The minimum Gasteiger partial charge on any atom is -0.496 e. The van der Waals surface area contributed by atoms with Gasteiger partial charge >= 0.3 is 0 Å². The molecule has 0 aliphatic heterocycles. The van der Waals surface area contributed by atoms with Gasteiger partial charge in [-0.25, -0.2) is 4.39 Å². The molecule has 0 aliphatic rings. The predicted octanol–water partition coefficient (Wildman–Crippen LogP) is 3.65. The van der Waals surface area contributed by atoms with Crippen LogP contribution < -0.4 is 19.9 Å². The molecule has 21 heavy (non-hydrogen) atoms. The van der Waals surface area contributed by atoms with Crippen LogP contribution in [0.25, 0.3) is 0 Å². The second kappa shape index (κ2) is 6.45. The summed E-state index contributed by atoms with van der Waals surface area (Å²) < 4.78 is 29.9. The predicted molar refractivity (Wildman–Crippen MR) is 78.6 cm³/mol. The lowest BCUT2D eigenvalue weighted by Gasteiger charge is -2.12. The molecule has 112 valence electrons. The first-order chi connectivity index (χ1) is 10.0. The van der Waals surface area contributed by atoms with Gasteiger partial charge in [0.1, 0.15) is 17.2 Å². The van der Waals surface area contributed by atoms with Crippen LogP contribution in [0.2, 0.25) is 0 Å². The normalized spacial score (nSPS) is 11.9. The van der Waals surface area contributed by atoms with E-state index in [1.54, 1.807) is 37.3 Å². The zero-order valence-corrected chi connectivity index (χ0v) is 12.2. The van der Waals surface area contributed by atoms with Crippen molar-refractivity contribution < 1.29 is 18.6 Å². The van der Waals surface area contributed by atoms with Crippen molar-refractivity contribution in [2.45, 2.75) is 13.0 Å². The SMILES string of the molecule is COc1cc(OC)cc(Oc2ccc([C@@H](C)N)cc2F)c1. The highest BCUT2D eigenvalue weighted by Gasteiger charge is 2.10. The Morgan fingerprint density at radius 2 is 1.52 bits per heavy atom. The molecule has 0 saturated heterocycles. The first kappa shape index (κ1) is 15.1. The fourth-order valence-corrected chi connectivity index (χ4v) is 1.85. The smallest absolute Gasteiger partial charge is 0.166 e. The fourth-order valence-electron chi connectivity index (χ4n) is 1.85. The molecular formula is C16H18FNO3. The molecule has 0 unspecified atom stereocenters. The molecule has 0 heterocycles. The zero-order chi connectivity index (χ0) is 15.4. The Kier molecular flexibility index (Phi) is 4.65. The second-order valence-electron chi connectivity index (χ2n) is 4.63. The maximum Gasteiger partial charge on any atom is 0.166 e. The first-order valence-electron chi connectivity index (χ1n) is 6.49. The summed E-state index contributed by atoms with van der Waals surface area (Å²) in [5.74, 6) is 1.22. The van der Waals surface area contributed by atoms with Gasteiger partial charge in [-0.1, -0.05) is 6.07 Å². The number of ether oxygens (including phenoxy) is 3. The zero-order valence-electron chi connectivity index (χ0n) is 12.2. The summed E-state index contributed by atoms with van der Waals surface area (Å²) in [7, 11) is 3.08. The van der Waals surface area contributed by atoms with Crippen molar-refractivity contribution in [3.8, 4) is 23.0 Å². The minimum atomic E-state index is -0.466. The summed E-state index contributed by atoms with van der Waals surface area (Å²) in [6.45, 7) is 1.79. The minimum absolute atomic E-state index is 0.120. The standard InChI is InChI=1S/C16H18FNO3/c1-10(18)11-4-5-16(15(17)6-11)21-14-8-12(19-2)7-13(9-14)20-3/h4-10H,18H2,1-3H3/t10-/m1/s1. The van der Waals surface area contributed by atoms with E-state index in [1.807, 2.05) is 0 Å². The van der Waals surface area contributed by atoms with E-state index >= 15 is 0 Å². The van der Waals surface area contributed by atoms with Crippen LogP contribution >= 0.6 is 0 Å². The first-order valence-corrected chi connectivity index (χ1v) is 6.49. The Hall–Kier alpha value is -2.27. The Balaban J connectivity index is 2.29. The molecule has 1 atom stereocenters. The molecule has 2 N–H and O–H groups in total. The summed E-state index contributed by atoms with van der Waals surface area (Å²) in [6.07, 6.45) is 0. The second-order valence-corrected chi connectivity index (χ2v) is 4.63. The topological polar surface area (TPSA) is 53.7 Å². The maximum absolute atomic E-state index is 14.0. The van der Waals surface area contributed by atoms with Gasteiger partial charge in [-0.3, -0.25) is 0 Å². The summed E-state index contributed by atoms with van der Waals surface area (Å²) in [6, 6.07) is 9.45. The summed E-state index contributed by atoms with van der Waals surface area (Å²) in [5, 5.41) is 0. The third-order valence-corrected chi connectivity index (χ3v) is 3.03. The summed E-state index contributed by atoms with van der Waals surface area (Å²) in [4.78, 5) is 0. The largest absolute Gasteiger partial charge is 0.496 e. The van der Waals surface area contributed by atoms with E-state index in [2.05, 4.69) is 0 Å². The molecule has 0 amide bonds. The van der Waals surface area contributed by atoms with E-state index in [1.165, 1.54) is 20.3 Å². The van der Waals surface area contributed by atoms with Gasteiger partial charge in [0.2, 0.25) is 0 Å². The van der Waals surface area contributed by atoms with Crippen LogP contribution in [-0.2, 0) is 0 Å². The van der Waals surface area contributed by atoms with Crippen molar-refractivity contribution in [1.29, 1.82) is 0 Å². The van der Waals surface area contributed by atoms with Crippen LogP contribution in [0.15, 0.2) is 36.4 Å². The van der Waals surface area contributed by atoms with Gasteiger partial charge in [-0.05, 0) is 24.6 Å². The average Bonchev–Trinajstić information content (AvgIpc) is 2.48. The molecule has 0 aliphatic carbocycles. The van der Waals surface area contributed by atoms with Gasteiger partial charge in [0.25, 0.3) is 0 Å². The van der Waals surface area contributed by atoms with Crippen LogP contribution in [-0.4, -0.2) is 14.2 Å². The molecule has 0 saturated carbocycles. The van der Waals surface area contributed by atoms with Gasteiger partial charge < -0.3 is 19.9 Å². The molecule has 0 bridgehead atoms. The number of hydrogen-bond acceptors (Lipinski definition) is 4. The highest BCUT2D eigenvalue weighted by molar-refractivity contribution is 5.44. The third kappa shape index (κ3) is 3.64. The van der Waals surface area contributed by atoms with Crippen LogP contribution in [0.1, 0.15) is 18.5 Å². The molecule has 2 aromatic carbocycles. The Labute approximate surface area is 123 Å². The maximum atomic E-state index is 14.0. The quantitative estimate of drug-likeness (QED) is 0.913. The Morgan fingerprint density at radius 3 is 2.00 bits per heavy atom. The van der Waals surface area contributed by atoms with Crippen molar-refractivity contribution in [2.75, 3.05) is 14.2 Å². The van der Waals surface area contributed by atoms with Gasteiger partial charge in [0, 0.05) is 24.2 Å². The summed E-state index contributed by atoms with van der Waals surface area (Å²) in [5.41, 5.74) is 6.43. The number of methoxy groups -OCH3 is 2. The molecule has 0 radical (unpaired) electrons. The molecule has 0 aromatic heterocycles. The molecule has 2 rings (SSSR count). The van der Waals surface area contributed by atoms with E-state index in [4.69, 9.17) is 19.9 Å². The number of rotatable bonds is 5. The van der Waals surface area contributed by atoms with Crippen molar-refractivity contribution >= 4 is 0 Å².